The van der Waals surface area contributed by atoms with Crippen LogP contribution in [-0.4, -0.2) is 59.3 Å². The molecule has 3 unspecified atom stereocenters. The molecule has 0 aliphatic carbocycles. The summed E-state index contributed by atoms with van der Waals surface area (Å²) in [6.07, 6.45) is -0.169. The number of nitrogens with zero attached hydrogens (tertiary/aromatic N) is 4. The predicted octanol–water partition coefficient (Wildman–Crippen LogP) is -1.59. The van der Waals surface area contributed by atoms with E-state index in [1.165, 1.54) is 24.0 Å². The van der Waals surface area contributed by atoms with Gasteiger partial charge in [-0.2, -0.15) is 4.98 Å². The highest BCUT2D eigenvalue weighted by atomic mass is 16.6. The molecule has 0 radical (unpaired) electrons. The molecule has 4 atom stereocenters. The fourth-order valence-corrected chi connectivity index (χ4v) is 2.40. The van der Waals surface area contributed by atoms with Gasteiger partial charge in [0.05, 0.1) is 19.1 Å². The van der Waals surface area contributed by atoms with Crippen molar-refractivity contribution in [1.29, 1.82) is 0 Å². The van der Waals surface area contributed by atoms with Crippen molar-refractivity contribution < 1.29 is 20.1 Å². The molecule has 0 amide bonds. The van der Waals surface area contributed by atoms with Crippen LogP contribution in [0, 0.1) is 0 Å². The van der Waals surface area contributed by atoms with Crippen molar-refractivity contribution in [3.8, 4) is 0 Å². The van der Waals surface area contributed by atoms with Crippen molar-refractivity contribution in [2.24, 2.45) is 0 Å². The molecule has 3 heterocycles. The first-order valence-corrected chi connectivity index (χ1v) is 6.07. The first-order valence-electron chi connectivity index (χ1n) is 6.07. The number of aliphatic hydroxyl groups is 3. The molecule has 2 aromatic heterocycles. The molecule has 0 aromatic carbocycles. The number of aliphatic hydroxyl groups excluding tert-OH is 2. The van der Waals surface area contributed by atoms with E-state index < -0.39 is 30.6 Å². The summed E-state index contributed by atoms with van der Waals surface area (Å²) >= 11 is 0. The molecule has 9 heteroatoms. The number of anilines is 1. The van der Waals surface area contributed by atoms with E-state index in [1.807, 2.05) is 0 Å². The van der Waals surface area contributed by atoms with E-state index in [0.29, 0.717) is 11.2 Å². The molecular formula is C11H15N5O4. The Kier molecular flexibility index (Phi) is 2.87. The lowest BCUT2D eigenvalue weighted by Crippen LogP contribution is -2.44. The van der Waals surface area contributed by atoms with E-state index in [0.717, 1.165) is 0 Å². The topological polar surface area (TPSA) is 140 Å². The molecule has 108 valence electrons. The number of fused-ring (bicyclic) bond motifs is 1. The summed E-state index contributed by atoms with van der Waals surface area (Å²) in [5, 5.41) is 29.6. The quantitative estimate of drug-likeness (QED) is 0.516. The second kappa shape index (κ2) is 4.35. The molecule has 0 spiro atoms. The lowest BCUT2D eigenvalue weighted by molar-refractivity contribution is -0.0950. The van der Waals surface area contributed by atoms with Crippen LogP contribution in [0.2, 0.25) is 0 Å². The molecule has 3 rings (SSSR count). The average Bonchev–Trinajstić information content (AvgIpc) is 2.90. The van der Waals surface area contributed by atoms with Crippen LogP contribution >= 0.6 is 0 Å². The Morgan fingerprint density at radius 1 is 1.50 bits per heavy atom. The smallest absolute Gasteiger partial charge is 0.222 e. The summed E-state index contributed by atoms with van der Waals surface area (Å²) in [6, 6.07) is 0. The summed E-state index contributed by atoms with van der Waals surface area (Å²) in [5.41, 5.74) is 4.82. The molecule has 9 nitrogen and oxygen atoms in total. The Balaban J connectivity index is 2.09. The van der Waals surface area contributed by atoms with Crippen LogP contribution < -0.4 is 5.73 Å². The van der Waals surface area contributed by atoms with Gasteiger partial charge in [-0.25, -0.2) is 9.97 Å². The molecule has 0 bridgehead atoms. The van der Waals surface area contributed by atoms with Gasteiger partial charge in [0, 0.05) is 0 Å². The van der Waals surface area contributed by atoms with Crippen LogP contribution in [-0.2, 0) is 4.74 Å². The van der Waals surface area contributed by atoms with Crippen molar-refractivity contribution in [3.63, 3.8) is 0 Å². The SMILES string of the molecule is C[C@@]1(O)C(O)C(CO)OC1n1cnc2cnc(N)nc21. The van der Waals surface area contributed by atoms with Gasteiger partial charge >= 0.3 is 0 Å². The van der Waals surface area contributed by atoms with Crippen LogP contribution in [0.15, 0.2) is 12.5 Å². The second-order valence-electron chi connectivity index (χ2n) is 4.97. The molecule has 2 aromatic rings. The van der Waals surface area contributed by atoms with Crippen molar-refractivity contribution >= 4 is 17.1 Å². The van der Waals surface area contributed by atoms with E-state index in [9.17, 15) is 15.3 Å². The molecule has 1 aliphatic heterocycles. The van der Waals surface area contributed by atoms with Crippen molar-refractivity contribution in [2.45, 2.75) is 31.0 Å². The maximum Gasteiger partial charge on any atom is 0.222 e. The highest BCUT2D eigenvalue weighted by molar-refractivity contribution is 5.70. The number of nitrogens with two attached hydrogens (primary N) is 1. The molecular weight excluding hydrogens is 266 g/mol. The van der Waals surface area contributed by atoms with Gasteiger partial charge in [0.2, 0.25) is 5.95 Å². The summed E-state index contributed by atoms with van der Waals surface area (Å²) in [6.45, 7) is 1.02. The maximum atomic E-state index is 10.4. The average molecular weight is 281 g/mol. The second-order valence-corrected chi connectivity index (χ2v) is 4.97. The molecule has 1 aliphatic rings. The lowest BCUT2D eigenvalue weighted by Gasteiger charge is -2.27. The summed E-state index contributed by atoms with van der Waals surface area (Å²) < 4.78 is 6.97. The third-order valence-corrected chi connectivity index (χ3v) is 3.52. The Hall–Kier alpha value is -1.81. The minimum absolute atomic E-state index is 0.0659. The zero-order valence-corrected chi connectivity index (χ0v) is 10.7. The van der Waals surface area contributed by atoms with Gasteiger partial charge in [0.1, 0.15) is 23.3 Å². The highest BCUT2D eigenvalue weighted by Crippen LogP contribution is 2.39. The van der Waals surface area contributed by atoms with E-state index in [1.54, 1.807) is 0 Å². The minimum Gasteiger partial charge on any atom is -0.394 e. The van der Waals surface area contributed by atoms with Gasteiger partial charge in [-0.1, -0.05) is 0 Å². The third kappa shape index (κ3) is 1.75. The Morgan fingerprint density at radius 2 is 2.25 bits per heavy atom. The fraction of sp³-hybridized carbons (Fsp3) is 0.545. The zero-order chi connectivity index (χ0) is 14.5. The number of aromatic nitrogens is 4. The summed E-state index contributed by atoms with van der Waals surface area (Å²) in [4.78, 5) is 12.0. The summed E-state index contributed by atoms with van der Waals surface area (Å²) in [5.74, 6) is 0.0659. The molecule has 5 N–H and O–H groups in total. The van der Waals surface area contributed by atoms with E-state index >= 15 is 0 Å². The van der Waals surface area contributed by atoms with E-state index in [-0.39, 0.29) is 5.95 Å². The van der Waals surface area contributed by atoms with Crippen molar-refractivity contribution in [2.75, 3.05) is 12.3 Å². The molecule has 1 fully saturated rings. The number of nitrogen functional groups attached to an aromatic ring is 1. The fourth-order valence-electron chi connectivity index (χ4n) is 2.40. The number of imidazole rings is 1. The van der Waals surface area contributed by atoms with Gasteiger partial charge in [-0.05, 0) is 6.92 Å². The van der Waals surface area contributed by atoms with Crippen LogP contribution in [0.25, 0.3) is 11.2 Å². The Morgan fingerprint density at radius 3 is 2.90 bits per heavy atom. The standard InChI is InChI=1S/C11H15N5O4/c1-11(19)7(18)6(3-17)20-9(11)16-4-14-5-2-13-10(12)15-8(5)16/h2,4,6-7,9,17-19H,3H2,1H3,(H2,12,13,15)/t6?,7?,9?,11-/m1/s1. The Labute approximate surface area is 113 Å². The van der Waals surface area contributed by atoms with Gasteiger partial charge in [0.25, 0.3) is 0 Å². The highest BCUT2D eigenvalue weighted by Gasteiger charge is 2.53. The van der Waals surface area contributed by atoms with Gasteiger partial charge in [-0.15, -0.1) is 0 Å². The summed E-state index contributed by atoms with van der Waals surface area (Å²) in [7, 11) is 0. The number of ether oxygens (including phenoxy) is 1. The third-order valence-electron chi connectivity index (χ3n) is 3.52. The van der Waals surface area contributed by atoms with Gasteiger partial charge in [-0.3, -0.25) is 4.57 Å². The zero-order valence-electron chi connectivity index (χ0n) is 10.7. The molecule has 20 heavy (non-hydrogen) atoms. The Bertz CT molecular complexity index is 643. The van der Waals surface area contributed by atoms with Gasteiger partial charge in [0.15, 0.2) is 11.9 Å². The van der Waals surface area contributed by atoms with Crippen molar-refractivity contribution in [3.05, 3.63) is 12.5 Å². The number of hydrogen-bond donors (Lipinski definition) is 4. The monoisotopic (exact) mass is 281 g/mol. The lowest BCUT2D eigenvalue weighted by atomic mass is 9.96. The normalized spacial score (nSPS) is 33.9. The predicted molar refractivity (Wildman–Crippen MR) is 67.4 cm³/mol. The first-order chi connectivity index (χ1) is 9.45. The number of hydrogen-bond acceptors (Lipinski definition) is 8. The largest absolute Gasteiger partial charge is 0.394 e. The van der Waals surface area contributed by atoms with Crippen LogP contribution in [0.5, 0.6) is 0 Å². The number of rotatable bonds is 2. The minimum atomic E-state index is -1.60. The molecule has 0 saturated carbocycles. The van der Waals surface area contributed by atoms with Crippen LogP contribution in [0.3, 0.4) is 0 Å². The first kappa shape index (κ1) is 13.2. The van der Waals surface area contributed by atoms with Crippen molar-refractivity contribution in [1.82, 2.24) is 19.5 Å². The van der Waals surface area contributed by atoms with E-state index in [2.05, 4.69) is 15.0 Å². The van der Waals surface area contributed by atoms with Crippen LogP contribution in [0.1, 0.15) is 13.2 Å². The molecule has 1 saturated heterocycles. The maximum absolute atomic E-state index is 10.4. The van der Waals surface area contributed by atoms with E-state index in [4.69, 9.17) is 10.5 Å². The van der Waals surface area contributed by atoms with Gasteiger partial charge < -0.3 is 25.8 Å². The van der Waals surface area contributed by atoms with Crippen LogP contribution in [0.4, 0.5) is 5.95 Å².